The Morgan fingerprint density at radius 3 is 2.20 bits per heavy atom. The minimum Gasteiger partial charge on any atom is -0.380 e. The Bertz CT molecular complexity index is 141. The zero-order valence-electron chi connectivity index (χ0n) is 7.39. The van der Waals surface area contributed by atoms with Crippen molar-refractivity contribution in [2.24, 2.45) is 11.3 Å². The molecular formula is C9H17N. The van der Waals surface area contributed by atoms with E-state index in [0.717, 1.165) is 5.92 Å². The fraction of sp³-hybridized carbons (Fsp3) is 0.778. The lowest BCUT2D eigenvalue weighted by Crippen LogP contribution is -2.24. The van der Waals surface area contributed by atoms with Crippen molar-refractivity contribution in [1.82, 2.24) is 4.90 Å². The fourth-order valence-electron chi connectivity index (χ4n) is 1.25. The number of hydrogen-bond donors (Lipinski definition) is 0. The zero-order valence-corrected chi connectivity index (χ0v) is 7.39. The highest BCUT2D eigenvalue weighted by atomic mass is 15.1. The van der Waals surface area contributed by atoms with Gasteiger partial charge in [0.1, 0.15) is 0 Å². The molecule has 0 saturated heterocycles. The van der Waals surface area contributed by atoms with Crippen molar-refractivity contribution in [2.75, 3.05) is 13.6 Å². The molecule has 0 amide bonds. The largest absolute Gasteiger partial charge is 0.380 e. The van der Waals surface area contributed by atoms with Crippen LogP contribution in [0.2, 0.25) is 0 Å². The van der Waals surface area contributed by atoms with Crippen LogP contribution in [0.3, 0.4) is 0 Å². The number of rotatable bonds is 0. The Morgan fingerprint density at radius 2 is 2.00 bits per heavy atom. The first-order valence-corrected chi connectivity index (χ1v) is 3.89. The van der Waals surface area contributed by atoms with E-state index in [-0.39, 0.29) is 0 Å². The third-order valence-corrected chi connectivity index (χ3v) is 2.17. The van der Waals surface area contributed by atoms with Crippen molar-refractivity contribution in [3.05, 3.63) is 12.3 Å². The van der Waals surface area contributed by atoms with E-state index in [1.54, 1.807) is 0 Å². The van der Waals surface area contributed by atoms with Gasteiger partial charge in [-0.1, -0.05) is 26.8 Å². The van der Waals surface area contributed by atoms with Gasteiger partial charge in [-0.2, -0.15) is 0 Å². The van der Waals surface area contributed by atoms with Crippen molar-refractivity contribution >= 4 is 0 Å². The van der Waals surface area contributed by atoms with Gasteiger partial charge in [-0.05, 0) is 11.6 Å². The fourth-order valence-corrected chi connectivity index (χ4v) is 1.25. The van der Waals surface area contributed by atoms with Crippen LogP contribution in [0.25, 0.3) is 0 Å². The molecule has 10 heavy (non-hydrogen) atoms. The summed E-state index contributed by atoms with van der Waals surface area (Å²) in [6.45, 7) is 8.06. The SMILES string of the molecule is CN1C=CC(C(C)(C)C)C1. The predicted molar refractivity (Wildman–Crippen MR) is 44.7 cm³/mol. The minimum atomic E-state index is 0.432. The average molecular weight is 139 g/mol. The lowest BCUT2D eigenvalue weighted by molar-refractivity contribution is 0.264. The average Bonchev–Trinajstić information content (AvgIpc) is 2.11. The lowest BCUT2D eigenvalue weighted by atomic mass is 9.82. The van der Waals surface area contributed by atoms with E-state index in [1.807, 2.05) is 0 Å². The Morgan fingerprint density at radius 1 is 1.40 bits per heavy atom. The van der Waals surface area contributed by atoms with E-state index in [2.05, 4.69) is 45.0 Å². The first-order valence-electron chi connectivity index (χ1n) is 3.89. The van der Waals surface area contributed by atoms with Gasteiger partial charge in [-0.3, -0.25) is 0 Å². The van der Waals surface area contributed by atoms with Crippen molar-refractivity contribution in [3.63, 3.8) is 0 Å². The smallest absolute Gasteiger partial charge is 0.0237 e. The molecule has 0 spiro atoms. The molecular weight excluding hydrogens is 122 g/mol. The zero-order chi connectivity index (χ0) is 7.78. The Kier molecular flexibility index (Phi) is 1.76. The van der Waals surface area contributed by atoms with Gasteiger partial charge in [0.2, 0.25) is 0 Å². The highest BCUT2D eigenvalue weighted by molar-refractivity contribution is 5.01. The molecule has 1 nitrogen and oxygen atoms in total. The Hall–Kier alpha value is -0.460. The monoisotopic (exact) mass is 139 g/mol. The van der Waals surface area contributed by atoms with E-state index in [1.165, 1.54) is 6.54 Å². The van der Waals surface area contributed by atoms with Crippen LogP contribution in [0.1, 0.15) is 20.8 Å². The Balaban J connectivity index is 2.55. The minimum absolute atomic E-state index is 0.432. The van der Waals surface area contributed by atoms with Gasteiger partial charge < -0.3 is 4.90 Å². The summed E-state index contributed by atoms with van der Waals surface area (Å²) in [5.41, 5.74) is 0.432. The Labute approximate surface area is 63.7 Å². The summed E-state index contributed by atoms with van der Waals surface area (Å²) in [6, 6.07) is 0. The van der Waals surface area contributed by atoms with Gasteiger partial charge in [0.05, 0.1) is 0 Å². The molecule has 1 rings (SSSR count). The third kappa shape index (κ3) is 1.53. The summed E-state index contributed by atoms with van der Waals surface area (Å²) >= 11 is 0. The summed E-state index contributed by atoms with van der Waals surface area (Å²) in [5.74, 6) is 0.734. The highest BCUT2D eigenvalue weighted by Gasteiger charge is 2.25. The maximum Gasteiger partial charge on any atom is 0.0237 e. The molecule has 58 valence electrons. The summed E-state index contributed by atoms with van der Waals surface area (Å²) in [7, 11) is 2.13. The van der Waals surface area contributed by atoms with Crippen LogP contribution in [0.5, 0.6) is 0 Å². The van der Waals surface area contributed by atoms with Crippen LogP contribution in [-0.4, -0.2) is 18.5 Å². The molecule has 1 aliphatic heterocycles. The molecule has 0 saturated carbocycles. The van der Waals surface area contributed by atoms with Crippen LogP contribution in [-0.2, 0) is 0 Å². The second kappa shape index (κ2) is 2.30. The van der Waals surface area contributed by atoms with Gasteiger partial charge in [-0.25, -0.2) is 0 Å². The first kappa shape index (κ1) is 7.64. The summed E-state index contributed by atoms with van der Waals surface area (Å²) in [4.78, 5) is 2.25. The quantitative estimate of drug-likeness (QED) is 0.497. The molecule has 1 aliphatic rings. The highest BCUT2D eigenvalue weighted by Crippen LogP contribution is 2.30. The second-order valence-electron chi connectivity index (χ2n) is 4.25. The van der Waals surface area contributed by atoms with E-state index < -0.39 is 0 Å². The van der Waals surface area contributed by atoms with E-state index >= 15 is 0 Å². The molecule has 0 fully saturated rings. The van der Waals surface area contributed by atoms with E-state index in [4.69, 9.17) is 0 Å². The molecule has 0 aliphatic carbocycles. The molecule has 1 unspecified atom stereocenters. The van der Waals surface area contributed by atoms with Gasteiger partial charge in [0.25, 0.3) is 0 Å². The standard InChI is InChI=1S/C9H17N/c1-9(2,3)8-5-6-10(4)7-8/h5-6,8H,7H2,1-4H3. The van der Waals surface area contributed by atoms with Gasteiger partial charge in [-0.15, -0.1) is 0 Å². The molecule has 0 N–H and O–H groups in total. The van der Waals surface area contributed by atoms with E-state index in [9.17, 15) is 0 Å². The first-order chi connectivity index (χ1) is 4.50. The molecule has 0 aromatic carbocycles. The molecule has 0 aromatic rings. The molecule has 0 radical (unpaired) electrons. The molecule has 0 bridgehead atoms. The number of hydrogen-bond acceptors (Lipinski definition) is 1. The van der Waals surface area contributed by atoms with Crippen molar-refractivity contribution in [2.45, 2.75) is 20.8 Å². The maximum absolute atomic E-state index is 2.31. The molecule has 1 atom stereocenters. The lowest BCUT2D eigenvalue weighted by Gasteiger charge is -2.26. The summed E-state index contributed by atoms with van der Waals surface area (Å²) in [6.07, 6.45) is 4.48. The van der Waals surface area contributed by atoms with Crippen LogP contribution < -0.4 is 0 Å². The van der Waals surface area contributed by atoms with Gasteiger partial charge in [0.15, 0.2) is 0 Å². The van der Waals surface area contributed by atoms with E-state index in [0.29, 0.717) is 5.41 Å². The third-order valence-electron chi connectivity index (χ3n) is 2.17. The molecule has 1 heteroatoms. The van der Waals surface area contributed by atoms with Crippen molar-refractivity contribution in [1.29, 1.82) is 0 Å². The summed E-state index contributed by atoms with van der Waals surface area (Å²) < 4.78 is 0. The van der Waals surface area contributed by atoms with Gasteiger partial charge in [0, 0.05) is 19.5 Å². The molecule has 0 aromatic heterocycles. The maximum atomic E-state index is 2.31. The van der Waals surface area contributed by atoms with Crippen LogP contribution in [0.4, 0.5) is 0 Å². The molecule has 1 heterocycles. The van der Waals surface area contributed by atoms with Gasteiger partial charge >= 0.3 is 0 Å². The van der Waals surface area contributed by atoms with Crippen LogP contribution in [0.15, 0.2) is 12.3 Å². The normalized spacial score (nSPS) is 26.0. The topological polar surface area (TPSA) is 3.24 Å². The van der Waals surface area contributed by atoms with Crippen molar-refractivity contribution in [3.8, 4) is 0 Å². The second-order valence-corrected chi connectivity index (χ2v) is 4.25. The van der Waals surface area contributed by atoms with Crippen LogP contribution in [0, 0.1) is 11.3 Å². The van der Waals surface area contributed by atoms with Crippen LogP contribution >= 0.6 is 0 Å². The number of nitrogens with zero attached hydrogens (tertiary/aromatic N) is 1. The predicted octanol–water partition coefficient (Wildman–Crippen LogP) is 2.11. The summed E-state index contributed by atoms with van der Waals surface area (Å²) in [5, 5.41) is 0. The van der Waals surface area contributed by atoms with Crippen molar-refractivity contribution < 1.29 is 0 Å².